The molecule has 0 radical (unpaired) electrons. The average molecular weight is 374 g/mol. The van der Waals surface area contributed by atoms with Crippen LogP contribution >= 0.6 is 11.6 Å². The van der Waals surface area contributed by atoms with Crippen LogP contribution in [-0.4, -0.2) is 28.1 Å². The van der Waals surface area contributed by atoms with Gasteiger partial charge in [-0.15, -0.1) is 5.10 Å². The third-order valence-corrected chi connectivity index (χ3v) is 3.79. The molecular formula is C18H16ClN3O4. The van der Waals surface area contributed by atoms with Crippen LogP contribution in [0.5, 0.6) is 11.6 Å². The second-order valence-corrected chi connectivity index (χ2v) is 5.76. The molecule has 0 saturated heterocycles. The molecule has 26 heavy (non-hydrogen) atoms. The quantitative estimate of drug-likeness (QED) is 0.660. The van der Waals surface area contributed by atoms with Crippen LogP contribution in [-0.2, 0) is 11.3 Å². The molecule has 134 valence electrons. The number of carbonyl (C=O) groups excluding carboxylic acids is 1. The van der Waals surface area contributed by atoms with Gasteiger partial charge in [0, 0.05) is 22.8 Å². The largest absolute Gasteiger partial charge is 0.508 e. The third-order valence-electron chi connectivity index (χ3n) is 3.54. The molecule has 1 aromatic heterocycles. The van der Waals surface area contributed by atoms with E-state index < -0.39 is 6.09 Å². The Morgan fingerprint density at radius 1 is 1.23 bits per heavy atom. The van der Waals surface area contributed by atoms with Crippen molar-refractivity contribution in [2.75, 3.05) is 12.4 Å². The summed E-state index contributed by atoms with van der Waals surface area (Å²) in [6.07, 6.45) is 1.15. The van der Waals surface area contributed by atoms with Gasteiger partial charge < -0.3 is 14.6 Å². The molecule has 0 unspecified atom stereocenters. The monoisotopic (exact) mass is 373 g/mol. The van der Waals surface area contributed by atoms with E-state index in [-0.39, 0.29) is 12.4 Å². The summed E-state index contributed by atoms with van der Waals surface area (Å²) in [4.78, 5) is 11.4. The van der Waals surface area contributed by atoms with Crippen molar-refractivity contribution < 1.29 is 19.4 Å². The van der Waals surface area contributed by atoms with E-state index in [1.54, 1.807) is 35.1 Å². The minimum atomic E-state index is -0.607. The van der Waals surface area contributed by atoms with Crippen molar-refractivity contribution in [2.45, 2.75) is 6.61 Å². The van der Waals surface area contributed by atoms with Gasteiger partial charge in [0.25, 0.3) is 0 Å². The van der Waals surface area contributed by atoms with Gasteiger partial charge in [0.1, 0.15) is 12.4 Å². The normalized spacial score (nSPS) is 10.4. The molecule has 2 aromatic carbocycles. The summed E-state index contributed by atoms with van der Waals surface area (Å²) in [5.41, 5.74) is 1.90. The molecule has 0 bridgehead atoms. The summed E-state index contributed by atoms with van der Waals surface area (Å²) in [5, 5.41) is 17.2. The van der Waals surface area contributed by atoms with Crippen LogP contribution in [0.1, 0.15) is 5.56 Å². The molecule has 0 saturated carbocycles. The number of ether oxygens (including phenoxy) is 2. The lowest BCUT2D eigenvalue weighted by molar-refractivity contribution is 0.187. The van der Waals surface area contributed by atoms with E-state index >= 15 is 0 Å². The van der Waals surface area contributed by atoms with Crippen LogP contribution in [0.3, 0.4) is 0 Å². The number of phenolic OH excluding ortho intramolecular Hbond substituents is 1. The zero-order valence-corrected chi connectivity index (χ0v) is 14.6. The van der Waals surface area contributed by atoms with Gasteiger partial charge in [0.05, 0.1) is 18.5 Å². The Balaban J connectivity index is 1.72. The SMILES string of the molecule is COC(=O)Nc1ccc(O)cc1COc1ccn(-c2ccc(Cl)cc2)n1. The van der Waals surface area contributed by atoms with Crippen LogP contribution in [0.2, 0.25) is 5.02 Å². The zero-order chi connectivity index (χ0) is 18.5. The van der Waals surface area contributed by atoms with E-state index in [0.717, 1.165) is 5.69 Å². The Morgan fingerprint density at radius 2 is 2.00 bits per heavy atom. The molecule has 0 atom stereocenters. The molecule has 1 amide bonds. The van der Waals surface area contributed by atoms with Crippen LogP contribution in [0.15, 0.2) is 54.7 Å². The summed E-state index contributed by atoms with van der Waals surface area (Å²) < 4.78 is 11.9. The Bertz CT molecular complexity index is 909. The van der Waals surface area contributed by atoms with Crippen molar-refractivity contribution >= 4 is 23.4 Å². The number of nitrogens with one attached hydrogen (secondary N) is 1. The summed E-state index contributed by atoms with van der Waals surface area (Å²) >= 11 is 5.88. The van der Waals surface area contributed by atoms with Gasteiger partial charge >= 0.3 is 6.09 Å². The van der Waals surface area contributed by atoms with Crippen LogP contribution in [0.25, 0.3) is 5.69 Å². The molecule has 3 rings (SSSR count). The summed E-state index contributed by atoms with van der Waals surface area (Å²) in [6.45, 7) is 0.103. The number of benzene rings is 2. The number of carbonyl (C=O) groups is 1. The number of methoxy groups -OCH3 is 1. The van der Waals surface area contributed by atoms with E-state index in [1.807, 2.05) is 12.1 Å². The molecule has 0 spiro atoms. The number of aromatic hydroxyl groups is 1. The first-order valence-corrected chi connectivity index (χ1v) is 8.04. The van der Waals surface area contributed by atoms with Crippen LogP contribution in [0.4, 0.5) is 10.5 Å². The number of aromatic nitrogens is 2. The molecule has 0 aliphatic rings. The second kappa shape index (κ2) is 7.79. The minimum absolute atomic E-state index is 0.0608. The molecule has 2 N–H and O–H groups in total. The standard InChI is InChI=1S/C18H16ClN3O4/c1-25-18(24)20-16-7-6-15(23)10-12(16)11-26-17-8-9-22(21-17)14-4-2-13(19)3-5-14/h2-10,23H,11H2,1H3,(H,20,24). The number of anilines is 1. The lowest BCUT2D eigenvalue weighted by Gasteiger charge is -2.11. The summed E-state index contributed by atoms with van der Waals surface area (Å²) in [5.74, 6) is 0.457. The first-order valence-electron chi connectivity index (χ1n) is 7.66. The maximum atomic E-state index is 11.4. The first kappa shape index (κ1) is 17.6. The highest BCUT2D eigenvalue weighted by Gasteiger charge is 2.10. The van der Waals surface area contributed by atoms with E-state index in [9.17, 15) is 9.90 Å². The molecule has 8 heteroatoms. The molecule has 1 heterocycles. The van der Waals surface area contributed by atoms with E-state index in [2.05, 4.69) is 15.2 Å². The van der Waals surface area contributed by atoms with E-state index in [1.165, 1.54) is 19.2 Å². The van der Waals surface area contributed by atoms with Gasteiger partial charge in [-0.25, -0.2) is 9.48 Å². The highest BCUT2D eigenvalue weighted by Crippen LogP contribution is 2.23. The molecule has 0 aliphatic carbocycles. The average Bonchev–Trinajstić information content (AvgIpc) is 3.11. The number of phenols is 1. The fourth-order valence-electron chi connectivity index (χ4n) is 2.26. The van der Waals surface area contributed by atoms with E-state index in [4.69, 9.17) is 16.3 Å². The maximum Gasteiger partial charge on any atom is 0.411 e. The van der Waals surface area contributed by atoms with Crippen molar-refractivity contribution in [1.82, 2.24) is 9.78 Å². The number of hydrogen-bond donors (Lipinski definition) is 2. The predicted molar refractivity (Wildman–Crippen MR) is 97.0 cm³/mol. The molecule has 3 aromatic rings. The Labute approximate surface area is 154 Å². The lowest BCUT2D eigenvalue weighted by Crippen LogP contribution is -2.13. The number of hydrogen-bond acceptors (Lipinski definition) is 5. The predicted octanol–water partition coefficient (Wildman–Crippen LogP) is 3.99. The fraction of sp³-hybridized carbons (Fsp3) is 0.111. The molecule has 0 aliphatic heterocycles. The van der Waals surface area contributed by atoms with Crippen molar-refractivity contribution in [3.05, 3.63) is 65.3 Å². The van der Waals surface area contributed by atoms with Gasteiger partial charge in [-0.2, -0.15) is 0 Å². The van der Waals surface area contributed by atoms with Gasteiger partial charge in [0.15, 0.2) is 0 Å². The van der Waals surface area contributed by atoms with Crippen LogP contribution < -0.4 is 10.1 Å². The summed E-state index contributed by atoms with van der Waals surface area (Å²) in [7, 11) is 1.27. The van der Waals surface area contributed by atoms with Gasteiger partial charge in [-0.1, -0.05) is 11.6 Å². The third kappa shape index (κ3) is 4.25. The first-order chi connectivity index (χ1) is 12.5. The Hall–Kier alpha value is -3.19. The van der Waals surface area contributed by atoms with Gasteiger partial charge in [0.2, 0.25) is 5.88 Å². The number of amides is 1. The molecular weight excluding hydrogens is 358 g/mol. The zero-order valence-electron chi connectivity index (χ0n) is 13.8. The lowest BCUT2D eigenvalue weighted by atomic mass is 10.2. The van der Waals surface area contributed by atoms with Crippen molar-refractivity contribution in [2.24, 2.45) is 0 Å². The Kier molecular flexibility index (Phi) is 5.28. The Morgan fingerprint density at radius 3 is 2.73 bits per heavy atom. The number of nitrogens with zero attached hydrogens (tertiary/aromatic N) is 2. The van der Waals surface area contributed by atoms with Gasteiger partial charge in [-0.3, -0.25) is 5.32 Å². The molecule has 7 nitrogen and oxygen atoms in total. The van der Waals surface area contributed by atoms with Crippen molar-refractivity contribution in [3.8, 4) is 17.3 Å². The maximum absolute atomic E-state index is 11.4. The van der Waals surface area contributed by atoms with Crippen molar-refractivity contribution in [1.29, 1.82) is 0 Å². The summed E-state index contributed by atoms with van der Waals surface area (Å²) in [6, 6.07) is 13.5. The smallest absolute Gasteiger partial charge is 0.411 e. The van der Waals surface area contributed by atoms with E-state index in [0.29, 0.717) is 22.2 Å². The number of halogens is 1. The number of rotatable bonds is 5. The molecule has 0 fully saturated rings. The topological polar surface area (TPSA) is 85.6 Å². The van der Waals surface area contributed by atoms with Gasteiger partial charge in [-0.05, 0) is 42.5 Å². The second-order valence-electron chi connectivity index (χ2n) is 5.32. The fourth-order valence-corrected chi connectivity index (χ4v) is 2.38. The minimum Gasteiger partial charge on any atom is -0.508 e. The van der Waals surface area contributed by atoms with Crippen LogP contribution in [0, 0.1) is 0 Å². The van der Waals surface area contributed by atoms with Crippen molar-refractivity contribution in [3.63, 3.8) is 0 Å². The highest BCUT2D eigenvalue weighted by molar-refractivity contribution is 6.30. The highest BCUT2D eigenvalue weighted by atomic mass is 35.5.